The number of hydrogen-bond acceptors (Lipinski definition) is 5. The molecule has 3 aromatic rings. The van der Waals surface area contributed by atoms with Crippen molar-refractivity contribution in [1.29, 1.82) is 0 Å². The van der Waals surface area contributed by atoms with Crippen molar-refractivity contribution in [3.63, 3.8) is 0 Å². The second-order valence-corrected chi connectivity index (χ2v) is 5.42. The first-order chi connectivity index (χ1) is 11.1. The van der Waals surface area contributed by atoms with Crippen LogP contribution < -0.4 is 5.56 Å². The number of alkyl halides is 6. The molecule has 2 aromatic heterocycles. The maximum atomic E-state index is 12.9. The van der Waals surface area contributed by atoms with Crippen molar-refractivity contribution in [2.75, 3.05) is 0 Å². The van der Waals surface area contributed by atoms with Gasteiger partial charge in [-0.2, -0.15) is 30.7 Å². The van der Waals surface area contributed by atoms with Gasteiger partial charge in [0, 0.05) is 5.56 Å². The van der Waals surface area contributed by atoms with Gasteiger partial charge in [-0.05, 0) is 29.7 Å². The summed E-state index contributed by atoms with van der Waals surface area (Å²) in [6, 6.07) is 1.05. The summed E-state index contributed by atoms with van der Waals surface area (Å²) in [6.45, 7) is 0. The molecular weight excluding hydrogens is 362 g/mol. The van der Waals surface area contributed by atoms with Crippen molar-refractivity contribution < 1.29 is 26.3 Å². The summed E-state index contributed by atoms with van der Waals surface area (Å²) in [5.41, 5.74) is -4.55. The standard InChI is InChI=1S/C12H4F6N4OS/c13-11(14,15)5-1-4(2-6(3-5)12(16,17)18)7-8-9(24-21-7)10(23)20-22-19-8/h1-3H,(H,19,20,23). The second kappa shape index (κ2) is 5.26. The highest BCUT2D eigenvalue weighted by Crippen LogP contribution is 2.39. The Morgan fingerprint density at radius 2 is 1.54 bits per heavy atom. The molecule has 0 spiro atoms. The lowest BCUT2D eigenvalue weighted by Crippen LogP contribution is -2.11. The predicted molar refractivity (Wildman–Crippen MR) is 71.3 cm³/mol. The van der Waals surface area contributed by atoms with E-state index in [0.717, 1.165) is 0 Å². The topological polar surface area (TPSA) is 71.5 Å². The zero-order valence-electron chi connectivity index (χ0n) is 11.2. The molecule has 126 valence electrons. The number of fused-ring (bicyclic) bond motifs is 1. The highest BCUT2D eigenvalue weighted by Gasteiger charge is 2.37. The molecule has 5 nitrogen and oxygen atoms in total. The third kappa shape index (κ3) is 2.84. The van der Waals surface area contributed by atoms with Gasteiger partial charge in [-0.15, -0.1) is 5.10 Å². The largest absolute Gasteiger partial charge is 0.416 e. The summed E-state index contributed by atoms with van der Waals surface area (Å²) in [5, 5.41) is 8.79. The summed E-state index contributed by atoms with van der Waals surface area (Å²) in [7, 11) is 0. The Hall–Kier alpha value is -2.50. The van der Waals surface area contributed by atoms with E-state index in [1.807, 2.05) is 5.10 Å². The number of benzene rings is 1. The van der Waals surface area contributed by atoms with Crippen LogP contribution in [0.4, 0.5) is 26.3 Å². The van der Waals surface area contributed by atoms with Gasteiger partial charge in [-0.3, -0.25) is 4.79 Å². The maximum Gasteiger partial charge on any atom is 0.416 e. The van der Waals surface area contributed by atoms with Gasteiger partial charge in [0.15, 0.2) is 0 Å². The second-order valence-electron chi connectivity index (χ2n) is 4.64. The van der Waals surface area contributed by atoms with Crippen LogP contribution in [0.2, 0.25) is 0 Å². The molecule has 12 heteroatoms. The SMILES string of the molecule is O=c1[nH]nnc2c(-c3cc(C(F)(F)F)cc(C(F)(F)F)c3)nsc12. The predicted octanol–water partition coefficient (Wildman–Crippen LogP) is 3.48. The van der Waals surface area contributed by atoms with Gasteiger partial charge in [0.1, 0.15) is 15.9 Å². The minimum Gasteiger partial charge on any atom is -0.266 e. The number of H-pyrrole nitrogens is 1. The van der Waals surface area contributed by atoms with Crippen LogP contribution in [-0.2, 0) is 12.4 Å². The van der Waals surface area contributed by atoms with Crippen molar-refractivity contribution in [2.45, 2.75) is 12.4 Å². The number of aromatic amines is 1. The van der Waals surface area contributed by atoms with E-state index in [1.54, 1.807) is 0 Å². The van der Waals surface area contributed by atoms with E-state index in [4.69, 9.17) is 0 Å². The lowest BCUT2D eigenvalue weighted by Gasteiger charge is -2.13. The van der Waals surface area contributed by atoms with Crippen LogP contribution in [0.15, 0.2) is 23.0 Å². The van der Waals surface area contributed by atoms with Crippen LogP contribution in [0.1, 0.15) is 11.1 Å². The van der Waals surface area contributed by atoms with Crippen LogP contribution in [-0.4, -0.2) is 19.8 Å². The van der Waals surface area contributed by atoms with Crippen molar-refractivity contribution in [2.24, 2.45) is 0 Å². The van der Waals surface area contributed by atoms with Gasteiger partial charge < -0.3 is 0 Å². The monoisotopic (exact) mass is 366 g/mol. The Balaban J connectivity index is 2.30. The molecule has 0 bridgehead atoms. The molecule has 1 N–H and O–H groups in total. The highest BCUT2D eigenvalue weighted by molar-refractivity contribution is 7.13. The van der Waals surface area contributed by atoms with E-state index < -0.39 is 34.6 Å². The van der Waals surface area contributed by atoms with E-state index in [2.05, 4.69) is 14.7 Å². The van der Waals surface area contributed by atoms with E-state index in [1.165, 1.54) is 0 Å². The summed E-state index contributed by atoms with van der Waals surface area (Å²) >= 11 is 0.603. The number of rotatable bonds is 1. The summed E-state index contributed by atoms with van der Waals surface area (Å²) < 4.78 is 81.0. The lowest BCUT2D eigenvalue weighted by atomic mass is 10.0. The molecule has 0 fully saturated rings. The molecule has 0 aliphatic heterocycles. The molecular formula is C12H4F6N4OS. The molecule has 3 rings (SSSR count). The highest BCUT2D eigenvalue weighted by atomic mass is 32.1. The fraction of sp³-hybridized carbons (Fsp3) is 0.167. The first-order valence-electron chi connectivity index (χ1n) is 6.08. The first kappa shape index (κ1) is 16.4. The van der Waals surface area contributed by atoms with Crippen LogP contribution in [0, 0.1) is 0 Å². The average Bonchev–Trinajstić information content (AvgIpc) is 2.90. The number of nitrogens with one attached hydrogen (secondary N) is 1. The Kier molecular flexibility index (Phi) is 3.59. The molecule has 1 aromatic carbocycles. The molecule has 0 unspecified atom stereocenters. The third-order valence-corrected chi connectivity index (χ3v) is 3.87. The van der Waals surface area contributed by atoms with Crippen molar-refractivity contribution in [1.82, 2.24) is 19.8 Å². The van der Waals surface area contributed by atoms with Gasteiger partial charge in [-0.1, -0.05) is 5.21 Å². The Morgan fingerprint density at radius 3 is 2.08 bits per heavy atom. The van der Waals surface area contributed by atoms with Crippen LogP contribution in [0.3, 0.4) is 0 Å². The van der Waals surface area contributed by atoms with Crippen LogP contribution >= 0.6 is 11.5 Å². The molecule has 24 heavy (non-hydrogen) atoms. The van der Waals surface area contributed by atoms with Gasteiger partial charge in [0.05, 0.1) is 11.1 Å². The van der Waals surface area contributed by atoms with E-state index in [-0.39, 0.29) is 22.0 Å². The molecule has 0 aliphatic rings. The fourth-order valence-electron chi connectivity index (χ4n) is 1.98. The molecule has 0 aliphatic carbocycles. The van der Waals surface area contributed by atoms with Gasteiger partial charge in [0.2, 0.25) is 0 Å². The lowest BCUT2D eigenvalue weighted by molar-refractivity contribution is -0.143. The Labute approximate surface area is 132 Å². The van der Waals surface area contributed by atoms with E-state index >= 15 is 0 Å². The smallest absolute Gasteiger partial charge is 0.266 e. The van der Waals surface area contributed by atoms with Crippen LogP contribution in [0.5, 0.6) is 0 Å². The van der Waals surface area contributed by atoms with Gasteiger partial charge in [-0.25, -0.2) is 5.10 Å². The van der Waals surface area contributed by atoms with Crippen LogP contribution in [0.25, 0.3) is 21.5 Å². The Morgan fingerprint density at radius 1 is 0.958 bits per heavy atom. The molecule has 0 amide bonds. The molecule has 2 heterocycles. The Bertz CT molecular complexity index is 942. The van der Waals surface area contributed by atoms with Gasteiger partial charge >= 0.3 is 12.4 Å². The number of hydrogen-bond donors (Lipinski definition) is 1. The van der Waals surface area contributed by atoms with Crippen molar-refractivity contribution in [3.05, 3.63) is 39.7 Å². The maximum absolute atomic E-state index is 12.9. The molecule has 0 saturated carbocycles. The average molecular weight is 366 g/mol. The summed E-state index contributed by atoms with van der Waals surface area (Å²) in [5.74, 6) is 0. The normalized spacial score (nSPS) is 12.8. The minimum atomic E-state index is -4.98. The summed E-state index contributed by atoms with van der Waals surface area (Å²) in [4.78, 5) is 11.5. The van der Waals surface area contributed by atoms with Crippen molar-refractivity contribution >= 4 is 21.7 Å². The number of nitrogens with zero attached hydrogens (tertiary/aromatic N) is 3. The quantitative estimate of drug-likeness (QED) is 0.670. The van der Waals surface area contributed by atoms with Gasteiger partial charge in [0.25, 0.3) is 5.56 Å². The molecule has 0 saturated heterocycles. The number of halogens is 6. The zero-order valence-corrected chi connectivity index (χ0v) is 12.0. The molecule has 0 radical (unpaired) electrons. The summed E-state index contributed by atoms with van der Waals surface area (Å²) in [6.07, 6.45) is -9.96. The first-order valence-corrected chi connectivity index (χ1v) is 6.85. The molecule has 0 atom stereocenters. The van der Waals surface area contributed by atoms with Crippen molar-refractivity contribution in [3.8, 4) is 11.3 Å². The number of aromatic nitrogens is 4. The minimum absolute atomic E-state index is 0.0105. The third-order valence-electron chi connectivity index (χ3n) is 3.04. The van der Waals surface area contributed by atoms with E-state index in [9.17, 15) is 31.1 Å². The fourth-order valence-corrected chi connectivity index (χ4v) is 2.71. The zero-order chi connectivity index (χ0) is 17.7. The van der Waals surface area contributed by atoms with E-state index in [0.29, 0.717) is 23.7 Å².